The number of piperazine rings is 1. The number of benzene rings is 1. The summed E-state index contributed by atoms with van der Waals surface area (Å²) >= 11 is 0. The highest BCUT2D eigenvalue weighted by molar-refractivity contribution is 5.94. The highest BCUT2D eigenvalue weighted by Gasteiger charge is 2.25. The van der Waals surface area contributed by atoms with Crippen molar-refractivity contribution in [2.24, 2.45) is 5.73 Å². The third kappa shape index (κ3) is 5.89. The molecule has 34 heavy (non-hydrogen) atoms. The Balaban J connectivity index is 0.00000324. The zero-order chi connectivity index (χ0) is 23.4. The molecule has 4 rings (SSSR count). The SMILES string of the molecule is C.N=C(N)CC(=O)OCc1cccc(N2CCN(c3cnc(N4CC[C@H](F)C4)nc3)CC2)c1F. The molecule has 2 fully saturated rings. The van der Waals surface area contributed by atoms with E-state index < -0.39 is 18.0 Å². The van der Waals surface area contributed by atoms with Gasteiger partial charge >= 0.3 is 5.97 Å². The van der Waals surface area contributed by atoms with Gasteiger partial charge in [-0.3, -0.25) is 10.2 Å². The van der Waals surface area contributed by atoms with Gasteiger partial charge in [-0.15, -0.1) is 0 Å². The minimum absolute atomic E-state index is 0. The molecule has 0 unspecified atom stereocenters. The number of hydrogen-bond acceptors (Lipinski definition) is 8. The van der Waals surface area contributed by atoms with Gasteiger partial charge in [0, 0.05) is 38.3 Å². The van der Waals surface area contributed by atoms with E-state index >= 15 is 4.39 Å². The number of carbonyl (C=O) groups excluding carboxylic acids is 1. The van der Waals surface area contributed by atoms with Crippen molar-refractivity contribution in [2.75, 3.05) is 54.0 Å². The van der Waals surface area contributed by atoms with Crippen LogP contribution in [0.5, 0.6) is 0 Å². The number of nitrogens with one attached hydrogen (secondary N) is 1. The minimum Gasteiger partial charge on any atom is -0.460 e. The number of ether oxygens (including phenoxy) is 1. The van der Waals surface area contributed by atoms with Crippen molar-refractivity contribution in [3.8, 4) is 0 Å². The van der Waals surface area contributed by atoms with Crippen LogP contribution in [0.15, 0.2) is 30.6 Å². The topological polar surface area (TPSA) is 112 Å². The molecule has 1 aromatic heterocycles. The first-order valence-corrected chi connectivity index (χ1v) is 10.9. The molecule has 0 radical (unpaired) electrons. The van der Waals surface area contributed by atoms with Crippen molar-refractivity contribution in [1.29, 1.82) is 5.41 Å². The average Bonchev–Trinajstić information content (AvgIpc) is 3.24. The van der Waals surface area contributed by atoms with Crippen LogP contribution < -0.4 is 20.4 Å². The Kier molecular flexibility index (Phi) is 8.19. The summed E-state index contributed by atoms with van der Waals surface area (Å²) in [5.74, 6) is -0.841. The van der Waals surface area contributed by atoms with Gasteiger partial charge in [-0.05, 0) is 12.5 Å². The Morgan fingerprint density at radius 2 is 1.79 bits per heavy atom. The van der Waals surface area contributed by atoms with Crippen LogP contribution in [0.25, 0.3) is 0 Å². The summed E-state index contributed by atoms with van der Waals surface area (Å²) < 4.78 is 33.5. The van der Waals surface area contributed by atoms with Crippen LogP contribution in [0.2, 0.25) is 0 Å². The minimum atomic E-state index is -0.826. The molecule has 184 valence electrons. The van der Waals surface area contributed by atoms with Crippen molar-refractivity contribution in [2.45, 2.75) is 33.0 Å². The first kappa shape index (κ1) is 25.1. The highest BCUT2D eigenvalue weighted by Crippen LogP contribution is 2.26. The lowest BCUT2D eigenvalue weighted by Crippen LogP contribution is -2.47. The van der Waals surface area contributed by atoms with E-state index in [1.807, 2.05) is 9.80 Å². The molecule has 2 saturated heterocycles. The summed E-state index contributed by atoms with van der Waals surface area (Å²) in [6.07, 6.45) is 2.86. The molecule has 11 heteroatoms. The summed E-state index contributed by atoms with van der Waals surface area (Å²) in [5, 5.41) is 7.12. The number of hydrogen-bond donors (Lipinski definition) is 2. The van der Waals surface area contributed by atoms with Gasteiger partial charge in [0.2, 0.25) is 5.95 Å². The third-order valence-corrected chi connectivity index (χ3v) is 5.81. The van der Waals surface area contributed by atoms with E-state index in [0.29, 0.717) is 57.3 Å². The lowest BCUT2D eigenvalue weighted by Gasteiger charge is -2.37. The van der Waals surface area contributed by atoms with Gasteiger partial charge in [0.25, 0.3) is 0 Å². The second-order valence-electron chi connectivity index (χ2n) is 8.16. The number of esters is 1. The molecule has 2 aliphatic heterocycles. The van der Waals surface area contributed by atoms with Crippen molar-refractivity contribution < 1.29 is 18.3 Å². The number of alkyl halides is 1. The van der Waals surface area contributed by atoms with Gasteiger partial charge < -0.3 is 25.2 Å². The number of aromatic nitrogens is 2. The summed E-state index contributed by atoms with van der Waals surface area (Å²) in [4.78, 5) is 26.3. The number of anilines is 3. The van der Waals surface area contributed by atoms with Gasteiger partial charge in [0.1, 0.15) is 25.0 Å². The molecule has 0 spiro atoms. The Hall–Kier alpha value is -3.50. The summed E-state index contributed by atoms with van der Waals surface area (Å²) in [6.45, 7) is 3.27. The molecule has 2 aliphatic rings. The third-order valence-electron chi connectivity index (χ3n) is 5.81. The smallest absolute Gasteiger partial charge is 0.313 e. The van der Waals surface area contributed by atoms with Crippen LogP contribution in [0.4, 0.5) is 26.1 Å². The summed E-state index contributed by atoms with van der Waals surface area (Å²) in [7, 11) is 0. The molecule has 1 aromatic carbocycles. The van der Waals surface area contributed by atoms with E-state index in [4.69, 9.17) is 15.9 Å². The molecule has 0 amide bonds. The van der Waals surface area contributed by atoms with Gasteiger partial charge in [-0.1, -0.05) is 19.6 Å². The van der Waals surface area contributed by atoms with Gasteiger partial charge in [0.05, 0.1) is 30.3 Å². The van der Waals surface area contributed by atoms with Crippen LogP contribution in [0.1, 0.15) is 25.8 Å². The zero-order valence-corrected chi connectivity index (χ0v) is 18.2. The maximum atomic E-state index is 15.0. The molecule has 3 heterocycles. The highest BCUT2D eigenvalue weighted by atomic mass is 19.1. The fraction of sp³-hybridized carbons (Fsp3) is 0.478. The lowest BCUT2D eigenvalue weighted by molar-refractivity contribution is -0.143. The second kappa shape index (κ2) is 11.1. The predicted octanol–water partition coefficient (Wildman–Crippen LogP) is 2.50. The number of carbonyl (C=O) groups is 1. The van der Waals surface area contributed by atoms with E-state index in [1.54, 1.807) is 30.6 Å². The van der Waals surface area contributed by atoms with E-state index in [2.05, 4.69) is 14.9 Å². The average molecular weight is 476 g/mol. The van der Waals surface area contributed by atoms with E-state index in [-0.39, 0.29) is 31.9 Å². The number of rotatable bonds is 7. The van der Waals surface area contributed by atoms with Gasteiger partial charge in [-0.25, -0.2) is 18.7 Å². The number of halogens is 2. The molecule has 0 aliphatic carbocycles. The fourth-order valence-corrected chi connectivity index (χ4v) is 4.03. The lowest BCUT2D eigenvalue weighted by atomic mass is 10.1. The molecule has 2 aromatic rings. The van der Waals surface area contributed by atoms with Crippen LogP contribution in [0, 0.1) is 11.2 Å². The molecular weight excluding hydrogens is 444 g/mol. The molecule has 3 N–H and O–H groups in total. The van der Waals surface area contributed by atoms with Crippen molar-refractivity contribution in [3.63, 3.8) is 0 Å². The van der Waals surface area contributed by atoms with Gasteiger partial charge in [-0.2, -0.15) is 0 Å². The van der Waals surface area contributed by atoms with Crippen molar-refractivity contribution >= 4 is 29.1 Å². The summed E-state index contributed by atoms with van der Waals surface area (Å²) in [5.41, 5.74) is 6.78. The fourth-order valence-electron chi connectivity index (χ4n) is 4.03. The number of nitrogens with zero attached hydrogens (tertiary/aromatic N) is 5. The first-order valence-electron chi connectivity index (χ1n) is 10.9. The van der Waals surface area contributed by atoms with Crippen molar-refractivity contribution in [3.05, 3.63) is 42.0 Å². The molecule has 9 nitrogen and oxygen atoms in total. The second-order valence-corrected chi connectivity index (χ2v) is 8.16. The van der Waals surface area contributed by atoms with E-state index in [9.17, 15) is 9.18 Å². The normalized spacial score (nSPS) is 17.9. The quantitative estimate of drug-likeness (QED) is 0.357. The van der Waals surface area contributed by atoms with Crippen molar-refractivity contribution in [1.82, 2.24) is 9.97 Å². The van der Waals surface area contributed by atoms with E-state index in [1.165, 1.54) is 0 Å². The Labute approximate surface area is 198 Å². The maximum absolute atomic E-state index is 15.0. The molecular formula is C23H31F2N7O2. The largest absolute Gasteiger partial charge is 0.460 e. The Bertz CT molecular complexity index is 997. The summed E-state index contributed by atoms with van der Waals surface area (Å²) in [6, 6.07) is 5.00. The maximum Gasteiger partial charge on any atom is 0.313 e. The molecule has 1 atom stereocenters. The van der Waals surface area contributed by atoms with E-state index in [0.717, 1.165) is 5.69 Å². The predicted molar refractivity (Wildman–Crippen MR) is 128 cm³/mol. The standard InChI is InChI=1S/C22H27F2N7O2.CH4/c23-16-4-5-31(13-16)22-27-11-17(12-28-22)29-6-8-30(9-7-29)18-3-1-2-15(21(18)24)14-33-20(32)10-19(25)26;/h1-3,11-12,16H,4-10,13-14H2,(H3,25,26);1H4/t16-;/m0./s1. The first-order chi connectivity index (χ1) is 15.9. The van der Waals surface area contributed by atoms with Crippen LogP contribution in [0.3, 0.4) is 0 Å². The van der Waals surface area contributed by atoms with Crippen LogP contribution in [-0.4, -0.2) is 67.2 Å². The number of nitrogens with two attached hydrogens (primary N) is 1. The van der Waals surface area contributed by atoms with Gasteiger partial charge in [0.15, 0.2) is 5.82 Å². The number of amidine groups is 1. The van der Waals surface area contributed by atoms with Crippen LogP contribution in [-0.2, 0) is 16.1 Å². The monoisotopic (exact) mass is 475 g/mol. The molecule has 0 saturated carbocycles. The zero-order valence-electron chi connectivity index (χ0n) is 18.2. The molecule has 0 bridgehead atoms. The Morgan fingerprint density at radius 1 is 1.12 bits per heavy atom. The van der Waals surface area contributed by atoms with Crippen LogP contribution >= 0.6 is 0 Å². The Morgan fingerprint density at radius 3 is 2.41 bits per heavy atom.